The zero-order valence-corrected chi connectivity index (χ0v) is 13.2. The van der Waals surface area contributed by atoms with E-state index in [0.29, 0.717) is 12.3 Å². The molecule has 2 aromatic rings. The molecule has 1 aromatic heterocycles. The molecule has 118 valence electrons. The molecule has 0 aliphatic carbocycles. The van der Waals surface area contributed by atoms with Crippen molar-refractivity contribution in [2.24, 2.45) is 7.05 Å². The van der Waals surface area contributed by atoms with E-state index in [4.69, 9.17) is 4.74 Å². The molecular formula is C16H20FN3O2. The van der Waals surface area contributed by atoms with Crippen LogP contribution in [0.3, 0.4) is 0 Å². The summed E-state index contributed by atoms with van der Waals surface area (Å²) in [6.45, 7) is 3.83. The van der Waals surface area contributed by atoms with Crippen molar-refractivity contribution in [3.8, 4) is 5.75 Å². The lowest BCUT2D eigenvalue weighted by Crippen LogP contribution is -2.47. The molecule has 0 radical (unpaired) electrons. The van der Waals surface area contributed by atoms with Gasteiger partial charge in [-0.25, -0.2) is 4.39 Å². The molecule has 0 aliphatic heterocycles. The molecule has 0 atom stereocenters. The van der Waals surface area contributed by atoms with Gasteiger partial charge in [0.2, 0.25) is 0 Å². The molecule has 0 N–H and O–H groups in total. The molecule has 0 saturated heterocycles. The Balaban J connectivity index is 2.03. The van der Waals surface area contributed by atoms with Crippen LogP contribution in [0.4, 0.5) is 4.39 Å². The summed E-state index contributed by atoms with van der Waals surface area (Å²) >= 11 is 0. The number of nitrogens with zero attached hydrogens (tertiary/aromatic N) is 3. The molecule has 5 nitrogen and oxygen atoms in total. The van der Waals surface area contributed by atoms with Crippen LogP contribution in [-0.4, -0.2) is 33.2 Å². The zero-order chi connectivity index (χ0) is 16.3. The normalized spacial score (nSPS) is 11.3. The average molecular weight is 305 g/mol. The molecule has 0 fully saturated rings. The number of aromatic nitrogens is 2. The maximum absolute atomic E-state index is 12.9. The van der Waals surface area contributed by atoms with Crippen molar-refractivity contribution in [2.75, 3.05) is 7.05 Å². The van der Waals surface area contributed by atoms with Gasteiger partial charge < -0.3 is 9.64 Å². The Morgan fingerprint density at radius 1 is 1.36 bits per heavy atom. The zero-order valence-electron chi connectivity index (χ0n) is 13.2. The third kappa shape index (κ3) is 3.84. The summed E-state index contributed by atoms with van der Waals surface area (Å²) in [7, 11) is 3.54. The smallest absolute Gasteiger partial charge is 0.266 e. The van der Waals surface area contributed by atoms with E-state index in [1.807, 2.05) is 13.2 Å². The largest absolute Gasteiger partial charge is 0.478 e. The summed E-state index contributed by atoms with van der Waals surface area (Å²) < 4.78 is 20.3. The summed E-state index contributed by atoms with van der Waals surface area (Å²) in [5, 5.41) is 4.08. The number of rotatable bonds is 5. The molecule has 6 heteroatoms. The maximum Gasteiger partial charge on any atom is 0.266 e. The van der Waals surface area contributed by atoms with Crippen molar-refractivity contribution < 1.29 is 13.9 Å². The number of halogens is 1. The van der Waals surface area contributed by atoms with Gasteiger partial charge in [-0.2, -0.15) is 5.10 Å². The van der Waals surface area contributed by atoms with Crippen LogP contribution in [0, 0.1) is 5.82 Å². The van der Waals surface area contributed by atoms with E-state index in [-0.39, 0.29) is 11.7 Å². The van der Waals surface area contributed by atoms with E-state index in [0.717, 1.165) is 5.56 Å². The lowest BCUT2D eigenvalue weighted by atomic mass is 10.1. The SMILES string of the molecule is CN(Cc1cnn(C)c1)C(=O)C(C)(C)Oc1ccc(F)cc1. The van der Waals surface area contributed by atoms with Crippen LogP contribution >= 0.6 is 0 Å². The van der Waals surface area contributed by atoms with Gasteiger partial charge in [-0.3, -0.25) is 9.48 Å². The van der Waals surface area contributed by atoms with Gasteiger partial charge in [-0.15, -0.1) is 0 Å². The number of carbonyl (C=O) groups excluding carboxylic acids is 1. The van der Waals surface area contributed by atoms with Crippen LogP contribution in [0.2, 0.25) is 0 Å². The van der Waals surface area contributed by atoms with Crippen molar-refractivity contribution in [1.82, 2.24) is 14.7 Å². The Kier molecular flexibility index (Phi) is 4.49. The summed E-state index contributed by atoms with van der Waals surface area (Å²) in [6.07, 6.45) is 3.58. The van der Waals surface area contributed by atoms with Gasteiger partial charge in [0.1, 0.15) is 11.6 Å². The molecule has 1 amide bonds. The second kappa shape index (κ2) is 6.17. The number of likely N-dealkylation sites (N-methyl/N-ethyl adjacent to an activating group) is 1. The lowest BCUT2D eigenvalue weighted by molar-refractivity contribution is -0.144. The number of benzene rings is 1. The predicted molar refractivity (Wildman–Crippen MR) is 80.8 cm³/mol. The standard InChI is InChI=1S/C16H20FN3O2/c1-16(2,22-14-7-5-13(17)6-8-14)15(21)19(3)10-12-9-18-20(4)11-12/h5-9,11H,10H2,1-4H3. The molecule has 0 unspecified atom stereocenters. The average Bonchev–Trinajstić information content (AvgIpc) is 2.85. The molecule has 1 aromatic carbocycles. The fraction of sp³-hybridized carbons (Fsp3) is 0.375. The van der Waals surface area contributed by atoms with E-state index in [2.05, 4.69) is 5.10 Å². The van der Waals surface area contributed by atoms with Gasteiger partial charge >= 0.3 is 0 Å². The Morgan fingerprint density at radius 2 is 2.00 bits per heavy atom. The van der Waals surface area contributed by atoms with Crippen molar-refractivity contribution in [3.63, 3.8) is 0 Å². The van der Waals surface area contributed by atoms with Crippen LogP contribution in [0.25, 0.3) is 0 Å². The first-order chi connectivity index (χ1) is 10.3. The van der Waals surface area contributed by atoms with Crippen LogP contribution in [0.5, 0.6) is 5.75 Å². The number of amides is 1. The third-order valence-electron chi connectivity index (χ3n) is 3.23. The minimum Gasteiger partial charge on any atom is -0.478 e. The highest BCUT2D eigenvalue weighted by Gasteiger charge is 2.32. The first kappa shape index (κ1) is 16.0. The number of aryl methyl sites for hydroxylation is 1. The van der Waals surface area contributed by atoms with Crippen molar-refractivity contribution in [2.45, 2.75) is 26.0 Å². The third-order valence-corrected chi connectivity index (χ3v) is 3.23. The summed E-state index contributed by atoms with van der Waals surface area (Å²) in [6, 6.07) is 5.61. The monoisotopic (exact) mass is 305 g/mol. The fourth-order valence-electron chi connectivity index (χ4n) is 2.20. The van der Waals surface area contributed by atoms with Crippen LogP contribution in [0.15, 0.2) is 36.7 Å². The van der Waals surface area contributed by atoms with E-state index < -0.39 is 5.60 Å². The van der Waals surface area contributed by atoms with Gasteiger partial charge in [0.05, 0.1) is 6.20 Å². The first-order valence-electron chi connectivity index (χ1n) is 6.95. The van der Waals surface area contributed by atoms with E-state index in [1.165, 1.54) is 24.3 Å². The first-order valence-corrected chi connectivity index (χ1v) is 6.95. The number of ether oxygens (including phenoxy) is 1. The fourth-order valence-corrected chi connectivity index (χ4v) is 2.20. The second-order valence-corrected chi connectivity index (χ2v) is 5.75. The molecular weight excluding hydrogens is 285 g/mol. The van der Waals surface area contributed by atoms with Gasteiger partial charge in [-0.05, 0) is 38.1 Å². The predicted octanol–water partition coefficient (Wildman–Crippen LogP) is 2.38. The van der Waals surface area contributed by atoms with Crippen LogP contribution in [0.1, 0.15) is 19.4 Å². The highest BCUT2D eigenvalue weighted by atomic mass is 19.1. The van der Waals surface area contributed by atoms with Crippen molar-refractivity contribution >= 4 is 5.91 Å². The molecule has 22 heavy (non-hydrogen) atoms. The molecule has 0 spiro atoms. The maximum atomic E-state index is 12.9. The summed E-state index contributed by atoms with van der Waals surface area (Å²) in [5.41, 5.74) is -0.106. The quantitative estimate of drug-likeness (QED) is 0.852. The summed E-state index contributed by atoms with van der Waals surface area (Å²) in [4.78, 5) is 14.1. The minimum absolute atomic E-state index is 0.166. The van der Waals surface area contributed by atoms with E-state index in [9.17, 15) is 9.18 Å². The van der Waals surface area contributed by atoms with E-state index >= 15 is 0 Å². The number of carbonyl (C=O) groups is 1. The van der Waals surface area contributed by atoms with Gasteiger partial charge in [0, 0.05) is 32.4 Å². The Labute approximate surface area is 129 Å². The van der Waals surface area contributed by atoms with Gasteiger partial charge in [0.15, 0.2) is 5.60 Å². The molecule has 0 saturated carbocycles. The Bertz CT molecular complexity index is 650. The van der Waals surface area contributed by atoms with Gasteiger partial charge in [-0.1, -0.05) is 0 Å². The van der Waals surface area contributed by atoms with Crippen LogP contribution < -0.4 is 4.74 Å². The summed E-state index contributed by atoms with van der Waals surface area (Å²) in [5.74, 6) is -0.0552. The Morgan fingerprint density at radius 3 is 2.55 bits per heavy atom. The highest BCUT2D eigenvalue weighted by molar-refractivity contribution is 5.84. The van der Waals surface area contributed by atoms with Gasteiger partial charge in [0.25, 0.3) is 5.91 Å². The molecule has 0 aliphatic rings. The van der Waals surface area contributed by atoms with Crippen molar-refractivity contribution in [3.05, 3.63) is 48.0 Å². The highest BCUT2D eigenvalue weighted by Crippen LogP contribution is 2.21. The lowest BCUT2D eigenvalue weighted by Gasteiger charge is -2.30. The second-order valence-electron chi connectivity index (χ2n) is 5.75. The number of hydrogen-bond acceptors (Lipinski definition) is 3. The molecule has 1 heterocycles. The minimum atomic E-state index is -1.05. The molecule has 0 bridgehead atoms. The van der Waals surface area contributed by atoms with E-state index in [1.54, 1.807) is 36.7 Å². The topological polar surface area (TPSA) is 47.4 Å². The number of hydrogen-bond donors (Lipinski definition) is 0. The molecule has 2 rings (SSSR count). The Hall–Kier alpha value is -2.37. The van der Waals surface area contributed by atoms with Crippen molar-refractivity contribution in [1.29, 1.82) is 0 Å². The van der Waals surface area contributed by atoms with Crippen LogP contribution in [-0.2, 0) is 18.4 Å².